The quantitative estimate of drug-likeness (QED) is 0.429. The number of aryl methyl sites for hydroxylation is 2. The zero-order chi connectivity index (χ0) is 18.2. The first-order chi connectivity index (χ1) is 12.7. The highest BCUT2D eigenvalue weighted by Crippen LogP contribution is 2.32. The lowest BCUT2D eigenvalue weighted by molar-refractivity contribution is 0.174. The molecule has 0 radical (unpaired) electrons. The van der Waals surface area contributed by atoms with Crippen molar-refractivity contribution in [3.63, 3.8) is 0 Å². The van der Waals surface area contributed by atoms with E-state index < -0.39 is 0 Å². The Bertz CT molecular complexity index is 741. The monoisotopic (exact) mass is 357 g/mol. The molecule has 2 N–H and O–H groups in total. The van der Waals surface area contributed by atoms with Gasteiger partial charge in [0.15, 0.2) is 17.5 Å². The summed E-state index contributed by atoms with van der Waals surface area (Å²) < 4.78 is 12.6. The molecule has 0 aliphatic carbocycles. The van der Waals surface area contributed by atoms with Crippen LogP contribution in [0.25, 0.3) is 0 Å². The molecule has 3 rings (SSSR count). The number of guanidine groups is 1. The van der Waals surface area contributed by atoms with E-state index in [0.29, 0.717) is 6.79 Å². The molecule has 2 aromatic rings. The Labute approximate surface area is 154 Å². The minimum absolute atomic E-state index is 0.313. The van der Waals surface area contributed by atoms with E-state index in [2.05, 4.69) is 39.9 Å². The van der Waals surface area contributed by atoms with Gasteiger partial charge in [-0.3, -0.25) is 9.67 Å². The molecule has 26 heavy (non-hydrogen) atoms. The fraction of sp³-hybridized carbons (Fsp3) is 0.474. The van der Waals surface area contributed by atoms with Crippen LogP contribution in [0.4, 0.5) is 0 Å². The van der Waals surface area contributed by atoms with E-state index >= 15 is 0 Å². The number of aromatic nitrogens is 2. The summed E-state index contributed by atoms with van der Waals surface area (Å²) in [6, 6.07) is 6.09. The van der Waals surface area contributed by atoms with Crippen molar-refractivity contribution in [3.05, 3.63) is 41.7 Å². The Morgan fingerprint density at radius 2 is 2.08 bits per heavy atom. The molecule has 0 amide bonds. The van der Waals surface area contributed by atoms with Crippen LogP contribution in [0.5, 0.6) is 11.5 Å². The van der Waals surface area contributed by atoms with Crippen LogP contribution in [0.1, 0.15) is 24.5 Å². The van der Waals surface area contributed by atoms with Crippen LogP contribution in [0.15, 0.2) is 35.6 Å². The summed E-state index contributed by atoms with van der Waals surface area (Å²) in [5.41, 5.74) is 2.47. The van der Waals surface area contributed by atoms with Crippen LogP contribution in [-0.2, 0) is 19.9 Å². The summed E-state index contributed by atoms with van der Waals surface area (Å²) >= 11 is 0. The Kier molecular flexibility index (Phi) is 6.35. The first-order valence-corrected chi connectivity index (χ1v) is 9.13. The van der Waals surface area contributed by atoms with Crippen molar-refractivity contribution in [2.24, 2.45) is 12.0 Å². The molecule has 7 heteroatoms. The summed E-state index contributed by atoms with van der Waals surface area (Å²) in [6.45, 7) is 4.83. The van der Waals surface area contributed by atoms with Gasteiger partial charge in [-0.2, -0.15) is 5.10 Å². The van der Waals surface area contributed by atoms with E-state index in [1.54, 1.807) is 0 Å². The number of nitrogens with zero attached hydrogens (tertiary/aromatic N) is 3. The third-order valence-corrected chi connectivity index (χ3v) is 4.14. The molecular formula is C19H27N5O2. The highest BCUT2D eigenvalue weighted by Gasteiger charge is 2.12. The first-order valence-electron chi connectivity index (χ1n) is 9.13. The van der Waals surface area contributed by atoms with Gasteiger partial charge in [0, 0.05) is 32.9 Å². The smallest absolute Gasteiger partial charge is 0.231 e. The van der Waals surface area contributed by atoms with Crippen LogP contribution < -0.4 is 20.1 Å². The first kappa shape index (κ1) is 18.1. The van der Waals surface area contributed by atoms with Gasteiger partial charge in [0.2, 0.25) is 6.79 Å². The molecule has 1 aromatic carbocycles. The van der Waals surface area contributed by atoms with Gasteiger partial charge in [-0.1, -0.05) is 6.07 Å². The molecule has 1 aliphatic heterocycles. The second-order valence-corrected chi connectivity index (χ2v) is 6.25. The third kappa shape index (κ3) is 5.15. The van der Waals surface area contributed by atoms with Crippen LogP contribution in [0.3, 0.4) is 0 Å². The average molecular weight is 357 g/mol. The van der Waals surface area contributed by atoms with Crippen LogP contribution in [0, 0.1) is 0 Å². The van der Waals surface area contributed by atoms with Gasteiger partial charge in [0.25, 0.3) is 0 Å². The lowest BCUT2D eigenvalue weighted by Crippen LogP contribution is -2.38. The SMILES string of the molecule is CCNC(=NCCCc1cnn(C)c1)NCCc1ccc2c(c1)OCO2. The molecule has 1 aliphatic rings. The molecule has 7 nitrogen and oxygen atoms in total. The molecule has 0 fully saturated rings. The zero-order valence-electron chi connectivity index (χ0n) is 15.5. The topological polar surface area (TPSA) is 72.7 Å². The Hall–Kier alpha value is -2.70. The van der Waals surface area contributed by atoms with Crippen LogP contribution in [-0.4, -0.2) is 42.2 Å². The summed E-state index contributed by atoms with van der Waals surface area (Å²) in [5, 5.41) is 10.9. The van der Waals surface area contributed by atoms with Gasteiger partial charge >= 0.3 is 0 Å². The van der Waals surface area contributed by atoms with Gasteiger partial charge in [-0.05, 0) is 49.4 Å². The fourth-order valence-electron chi connectivity index (χ4n) is 2.84. The van der Waals surface area contributed by atoms with Crippen LogP contribution >= 0.6 is 0 Å². The highest BCUT2D eigenvalue weighted by molar-refractivity contribution is 5.79. The molecule has 0 saturated carbocycles. The number of ether oxygens (including phenoxy) is 2. The number of rotatable bonds is 8. The predicted molar refractivity (Wildman–Crippen MR) is 102 cm³/mol. The molecule has 0 saturated heterocycles. The molecule has 0 unspecified atom stereocenters. The number of nitrogens with one attached hydrogen (secondary N) is 2. The predicted octanol–water partition coefficient (Wildman–Crippen LogP) is 1.88. The summed E-state index contributed by atoms with van der Waals surface area (Å²) in [7, 11) is 1.94. The van der Waals surface area contributed by atoms with Crippen molar-refractivity contribution in [2.75, 3.05) is 26.4 Å². The van der Waals surface area contributed by atoms with Crippen molar-refractivity contribution < 1.29 is 9.47 Å². The molecule has 140 valence electrons. The average Bonchev–Trinajstić information content (AvgIpc) is 3.27. The van der Waals surface area contributed by atoms with E-state index in [1.165, 1.54) is 11.1 Å². The van der Waals surface area contributed by atoms with Gasteiger partial charge in [-0.15, -0.1) is 0 Å². The molecule has 2 heterocycles. The Morgan fingerprint density at radius 1 is 1.19 bits per heavy atom. The Morgan fingerprint density at radius 3 is 2.88 bits per heavy atom. The maximum Gasteiger partial charge on any atom is 0.231 e. The standard InChI is InChI=1S/C19H27N5O2/c1-3-20-19(21-9-4-5-16-12-23-24(2)13-16)22-10-8-15-6-7-17-18(11-15)26-14-25-17/h6-7,11-13H,3-5,8-10,14H2,1-2H3,(H2,20,21,22). The lowest BCUT2D eigenvalue weighted by Gasteiger charge is -2.11. The molecular weight excluding hydrogens is 330 g/mol. The summed E-state index contributed by atoms with van der Waals surface area (Å²) in [6.07, 6.45) is 6.87. The highest BCUT2D eigenvalue weighted by atomic mass is 16.7. The summed E-state index contributed by atoms with van der Waals surface area (Å²) in [4.78, 5) is 4.65. The van der Waals surface area contributed by atoms with Crippen molar-refractivity contribution in [3.8, 4) is 11.5 Å². The van der Waals surface area contributed by atoms with Crippen molar-refractivity contribution >= 4 is 5.96 Å². The summed E-state index contributed by atoms with van der Waals surface area (Å²) in [5.74, 6) is 2.52. The Balaban J connectivity index is 1.42. The maximum atomic E-state index is 5.42. The van der Waals surface area contributed by atoms with Crippen molar-refractivity contribution in [1.29, 1.82) is 0 Å². The van der Waals surface area contributed by atoms with Crippen molar-refractivity contribution in [2.45, 2.75) is 26.2 Å². The van der Waals surface area contributed by atoms with E-state index in [1.807, 2.05) is 30.1 Å². The maximum absolute atomic E-state index is 5.42. The van der Waals surface area contributed by atoms with E-state index in [9.17, 15) is 0 Å². The number of benzene rings is 1. The van der Waals surface area contributed by atoms with E-state index in [0.717, 1.165) is 56.4 Å². The fourth-order valence-corrected chi connectivity index (χ4v) is 2.84. The third-order valence-electron chi connectivity index (χ3n) is 4.14. The largest absolute Gasteiger partial charge is 0.454 e. The zero-order valence-corrected chi connectivity index (χ0v) is 15.5. The van der Waals surface area contributed by atoms with Gasteiger partial charge in [-0.25, -0.2) is 0 Å². The molecule has 1 aromatic heterocycles. The number of aliphatic imine (C=N–C) groups is 1. The van der Waals surface area contributed by atoms with Crippen molar-refractivity contribution in [1.82, 2.24) is 20.4 Å². The minimum Gasteiger partial charge on any atom is -0.454 e. The van der Waals surface area contributed by atoms with E-state index in [4.69, 9.17) is 9.47 Å². The number of hydrogen-bond donors (Lipinski definition) is 2. The molecule has 0 atom stereocenters. The normalized spacial score (nSPS) is 13.1. The second-order valence-electron chi connectivity index (χ2n) is 6.25. The number of hydrogen-bond acceptors (Lipinski definition) is 4. The lowest BCUT2D eigenvalue weighted by atomic mass is 10.1. The van der Waals surface area contributed by atoms with Gasteiger partial charge in [0.05, 0.1) is 6.20 Å². The number of fused-ring (bicyclic) bond motifs is 1. The van der Waals surface area contributed by atoms with Crippen LogP contribution in [0.2, 0.25) is 0 Å². The molecule has 0 spiro atoms. The second kappa shape index (κ2) is 9.12. The minimum atomic E-state index is 0.313. The van der Waals surface area contributed by atoms with Gasteiger partial charge < -0.3 is 20.1 Å². The van der Waals surface area contributed by atoms with Gasteiger partial charge in [0.1, 0.15) is 0 Å². The molecule has 0 bridgehead atoms. The van der Waals surface area contributed by atoms with E-state index in [-0.39, 0.29) is 0 Å².